The minimum Gasteiger partial charge on any atom is -0.439 e. The number of benzene rings is 1. The number of anilines is 1. The number of nitrogens with zero attached hydrogens (tertiary/aromatic N) is 5. The molecule has 0 aliphatic carbocycles. The molecule has 0 radical (unpaired) electrons. The Labute approximate surface area is 206 Å². The smallest absolute Gasteiger partial charge is 0.304 e. The van der Waals surface area contributed by atoms with Gasteiger partial charge in [-0.25, -0.2) is 9.97 Å². The van der Waals surface area contributed by atoms with Crippen LogP contribution in [0.5, 0.6) is 11.6 Å². The van der Waals surface area contributed by atoms with E-state index in [9.17, 15) is 4.21 Å². The van der Waals surface area contributed by atoms with Crippen LogP contribution in [-0.2, 0) is 19.7 Å². The van der Waals surface area contributed by atoms with E-state index in [1.165, 1.54) is 0 Å². The molecule has 35 heavy (non-hydrogen) atoms. The molecular weight excluding hydrogens is 470 g/mol. The summed E-state index contributed by atoms with van der Waals surface area (Å²) in [5.41, 5.74) is 1.94. The van der Waals surface area contributed by atoms with Crippen LogP contribution in [0.15, 0.2) is 35.1 Å². The molecule has 4 heterocycles. The van der Waals surface area contributed by atoms with Crippen LogP contribution in [0.25, 0.3) is 0 Å². The van der Waals surface area contributed by atoms with Crippen molar-refractivity contribution in [3.05, 3.63) is 53.4 Å². The SMILES string of the molecule is Cc1c(Oc2ccc([C@H]3CO[S@@](=O)OC3)cc2)ncnc1N1CCC(c2nc(C(C)C)no2)CC1. The molecule has 2 aliphatic rings. The number of aromatic nitrogens is 4. The summed E-state index contributed by atoms with van der Waals surface area (Å²) < 4.78 is 33.0. The Bertz CT molecular complexity index is 1170. The third kappa shape index (κ3) is 5.36. The summed E-state index contributed by atoms with van der Waals surface area (Å²) in [6, 6.07) is 7.71. The van der Waals surface area contributed by atoms with Crippen molar-refractivity contribution >= 4 is 17.2 Å². The summed E-state index contributed by atoms with van der Waals surface area (Å²) in [5, 5.41) is 4.11. The van der Waals surface area contributed by atoms with Gasteiger partial charge in [0.15, 0.2) is 5.82 Å². The highest BCUT2D eigenvalue weighted by Gasteiger charge is 2.28. The zero-order valence-corrected chi connectivity index (χ0v) is 20.9. The molecule has 2 aliphatic heterocycles. The van der Waals surface area contributed by atoms with Gasteiger partial charge in [0, 0.05) is 30.8 Å². The van der Waals surface area contributed by atoms with Crippen molar-refractivity contribution in [2.45, 2.75) is 51.4 Å². The number of hydrogen-bond acceptors (Lipinski definition) is 10. The Kier molecular flexibility index (Phi) is 7.07. The monoisotopic (exact) mass is 499 g/mol. The van der Waals surface area contributed by atoms with Gasteiger partial charge < -0.3 is 14.2 Å². The van der Waals surface area contributed by atoms with E-state index in [4.69, 9.17) is 17.6 Å². The molecule has 3 aromatic rings. The predicted molar refractivity (Wildman–Crippen MR) is 129 cm³/mol. The molecular formula is C24H29N5O5S. The lowest BCUT2D eigenvalue weighted by molar-refractivity contribution is 0.160. The summed E-state index contributed by atoms with van der Waals surface area (Å²) in [6.45, 7) is 8.52. The standard InChI is InChI=1S/C24H29N5O5S/c1-15(2)21-27-24(34-28-21)18-8-10-29(11-9-18)22-16(3)23(26-14-25-22)33-20-6-4-17(5-7-20)19-12-31-35(30)32-13-19/h4-7,14-15,18-19H,8-13H2,1-3H3/t19-,35+. The molecule has 0 unspecified atom stereocenters. The first-order valence-electron chi connectivity index (χ1n) is 11.8. The van der Waals surface area contributed by atoms with Crippen molar-refractivity contribution in [3.8, 4) is 11.6 Å². The van der Waals surface area contributed by atoms with Gasteiger partial charge in [-0.15, -0.1) is 0 Å². The molecule has 11 heteroatoms. The van der Waals surface area contributed by atoms with E-state index in [2.05, 4.69) is 38.9 Å². The first-order chi connectivity index (χ1) is 17.0. The first kappa shape index (κ1) is 23.8. The van der Waals surface area contributed by atoms with Gasteiger partial charge in [0.05, 0.1) is 18.8 Å². The van der Waals surface area contributed by atoms with Crippen molar-refractivity contribution in [1.82, 2.24) is 20.1 Å². The van der Waals surface area contributed by atoms with Gasteiger partial charge in [-0.1, -0.05) is 31.1 Å². The van der Waals surface area contributed by atoms with Crippen LogP contribution < -0.4 is 9.64 Å². The predicted octanol–water partition coefficient (Wildman–Crippen LogP) is 4.18. The van der Waals surface area contributed by atoms with Gasteiger partial charge >= 0.3 is 11.4 Å². The number of ether oxygens (including phenoxy) is 1. The fraction of sp³-hybridized carbons (Fsp3) is 0.500. The number of piperidine rings is 1. The molecule has 2 fully saturated rings. The van der Waals surface area contributed by atoms with E-state index in [-0.39, 0.29) is 17.8 Å². The third-order valence-electron chi connectivity index (χ3n) is 6.43. The Balaban J connectivity index is 1.22. The van der Waals surface area contributed by atoms with Crippen LogP contribution in [0.2, 0.25) is 0 Å². The molecule has 2 saturated heterocycles. The van der Waals surface area contributed by atoms with Crippen LogP contribution in [-0.4, -0.2) is 50.6 Å². The number of rotatable bonds is 6. The highest BCUT2D eigenvalue weighted by Crippen LogP contribution is 2.34. The topological polar surface area (TPSA) is 113 Å². The average Bonchev–Trinajstić information content (AvgIpc) is 3.37. The van der Waals surface area contributed by atoms with Crippen LogP contribution in [0.1, 0.15) is 67.3 Å². The van der Waals surface area contributed by atoms with E-state index in [1.807, 2.05) is 31.2 Å². The van der Waals surface area contributed by atoms with Gasteiger partial charge in [-0.05, 0) is 37.5 Å². The lowest BCUT2D eigenvalue weighted by atomic mass is 9.96. The normalized spacial score (nSPS) is 21.4. The molecule has 0 amide bonds. The van der Waals surface area contributed by atoms with Crippen LogP contribution >= 0.6 is 0 Å². The van der Waals surface area contributed by atoms with Crippen molar-refractivity contribution in [3.63, 3.8) is 0 Å². The quantitative estimate of drug-likeness (QED) is 0.489. The van der Waals surface area contributed by atoms with Crippen molar-refractivity contribution in [1.29, 1.82) is 0 Å². The lowest BCUT2D eigenvalue weighted by Gasteiger charge is -2.32. The van der Waals surface area contributed by atoms with Crippen molar-refractivity contribution in [2.75, 3.05) is 31.2 Å². The highest BCUT2D eigenvalue weighted by molar-refractivity contribution is 7.75. The molecule has 0 N–H and O–H groups in total. The maximum Gasteiger partial charge on any atom is 0.304 e. The summed E-state index contributed by atoms with van der Waals surface area (Å²) in [4.78, 5) is 15.7. The Morgan fingerprint density at radius 1 is 1.06 bits per heavy atom. The fourth-order valence-electron chi connectivity index (χ4n) is 4.30. The summed E-state index contributed by atoms with van der Waals surface area (Å²) in [5.74, 6) is 4.15. The summed E-state index contributed by atoms with van der Waals surface area (Å²) in [6.07, 6.45) is 3.38. The maximum atomic E-state index is 11.2. The van der Waals surface area contributed by atoms with Gasteiger partial charge in [0.1, 0.15) is 17.9 Å². The second-order valence-electron chi connectivity index (χ2n) is 9.18. The zero-order valence-electron chi connectivity index (χ0n) is 20.0. The molecule has 10 nitrogen and oxygen atoms in total. The maximum absolute atomic E-state index is 11.2. The van der Waals surface area contributed by atoms with Crippen molar-refractivity contribution in [2.24, 2.45) is 0 Å². The number of hydrogen-bond donors (Lipinski definition) is 0. The molecule has 2 aromatic heterocycles. The van der Waals surface area contributed by atoms with E-state index < -0.39 is 11.4 Å². The molecule has 5 rings (SSSR count). The van der Waals surface area contributed by atoms with Crippen LogP contribution in [0, 0.1) is 6.92 Å². The minimum absolute atomic E-state index is 0.0428. The molecule has 0 saturated carbocycles. The minimum atomic E-state index is -1.64. The average molecular weight is 500 g/mol. The third-order valence-corrected chi connectivity index (χ3v) is 7.08. The molecule has 0 spiro atoms. The largest absolute Gasteiger partial charge is 0.439 e. The lowest BCUT2D eigenvalue weighted by Crippen LogP contribution is -2.34. The van der Waals surface area contributed by atoms with Crippen LogP contribution in [0.3, 0.4) is 0 Å². The summed E-state index contributed by atoms with van der Waals surface area (Å²) in [7, 11) is 0. The molecule has 0 atom stereocenters. The van der Waals surface area contributed by atoms with Gasteiger partial charge in [0.2, 0.25) is 11.8 Å². The van der Waals surface area contributed by atoms with E-state index in [0.29, 0.717) is 24.8 Å². The highest BCUT2D eigenvalue weighted by atomic mass is 32.2. The Morgan fingerprint density at radius 2 is 1.77 bits per heavy atom. The van der Waals surface area contributed by atoms with E-state index >= 15 is 0 Å². The van der Waals surface area contributed by atoms with Gasteiger partial charge in [-0.3, -0.25) is 8.37 Å². The van der Waals surface area contributed by atoms with E-state index in [1.54, 1.807) is 6.33 Å². The van der Waals surface area contributed by atoms with Crippen molar-refractivity contribution < 1.29 is 21.8 Å². The Morgan fingerprint density at radius 3 is 2.43 bits per heavy atom. The first-order valence-corrected chi connectivity index (χ1v) is 12.8. The zero-order chi connectivity index (χ0) is 24.4. The molecule has 1 aromatic carbocycles. The fourth-order valence-corrected chi connectivity index (χ4v) is 4.92. The second kappa shape index (κ2) is 10.4. The van der Waals surface area contributed by atoms with Gasteiger partial charge in [0.25, 0.3) is 0 Å². The second-order valence-corrected chi connectivity index (χ2v) is 10.1. The Hall–Kier alpha value is -2.89. The van der Waals surface area contributed by atoms with Gasteiger partial charge in [-0.2, -0.15) is 9.19 Å². The molecule has 0 bridgehead atoms. The van der Waals surface area contributed by atoms with E-state index in [0.717, 1.165) is 54.6 Å². The summed E-state index contributed by atoms with van der Waals surface area (Å²) >= 11 is -1.64. The molecule has 186 valence electrons. The van der Waals surface area contributed by atoms with Crippen LogP contribution in [0.4, 0.5) is 5.82 Å².